The molecule has 0 aliphatic rings. The molecule has 0 saturated carbocycles. The minimum absolute atomic E-state index is 0.196. The SMILES string of the molecule is CC(=O)N[C@@H](SC[C@H](O)c1ccccc1)C(=O)O. The number of carbonyl (C=O) groups is 2. The Bertz CT molecular complexity index is 410. The molecule has 3 N–H and O–H groups in total. The molecule has 0 aliphatic heterocycles. The summed E-state index contributed by atoms with van der Waals surface area (Å²) >= 11 is 0.979. The first-order chi connectivity index (χ1) is 8.50. The Labute approximate surface area is 109 Å². The van der Waals surface area contributed by atoms with Gasteiger partial charge in [0.25, 0.3) is 0 Å². The summed E-state index contributed by atoms with van der Waals surface area (Å²) in [6.45, 7) is 1.25. The monoisotopic (exact) mass is 269 g/mol. The van der Waals surface area contributed by atoms with Gasteiger partial charge in [0, 0.05) is 12.7 Å². The lowest BCUT2D eigenvalue weighted by Crippen LogP contribution is -2.37. The van der Waals surface area contributed by atoms with Crippen molar-refractivity contribution in [1.29, 1.82) is 0 Å². The lowest BCUT2D eigenvalue weighted by Gasteiger charge is -2.15. The van der Waals surface area contributed by atoms with Gasteiger partial charge in [-0.25, -0.2) is 4.79 Å². The molecule has 1 aromatic carbocycles. The van der Waals surface area contributed by atoms with Crippen molar-refractivity contribution in [3.63, 3.8) is 0 Å². The van der Waals surface area contributed by atoms with Crippen LogP contribution in [0.25, 0.3) is 0 Å². The lowest BCUT2D eigenvalue weighted by molar-refractivity contribution is -0.138. The first-order valence-electron chi connectivity index (χ1n) is 5.35. The minimum atomic E-state index is -1.13. The van der Waals surface area contributed by atoms with E-state index >= 15 is 0 Å². The van der Waals surface area contributed by atoms with Gasteiger partial charge >= 0.3 is 5.97 Å². The average Bonchev–Trinajstić information content (AvgIpc) is 2.34. The van der Waals surface area contributed by atoms with Crippen LogP contribution in [0, 0.1) is 0 Å². The Balaban J connectivity index is 2.52. The number of hydrogen-bond donors (Lipinski definition) is 3. The molecule has 0 spiro atoms. The number of carboxylic acids is 1. The number of amides is 1. The summed E-state index contributed by atoms with van der Waals surface area (Å²) in [6, 6.07) is 8.96. The molecule has 0 bridgehead atoms. The molecule has 6 heteroatoms. The van der Waals surface area contributed by atoms with Crippen molar-refractivity contribution in [2.75, 3.05) is 5.75 Å². The molecule has 0 radical (unpaired) electrons. The van der Waals surface area contributed by atoms with E-state index in [0.717, 1.165) is 17.3 Å². The number of aliphatic hydroxyl groups excluding tert-OH is 1. The number of carboxylic acid groups (broad SMARTS) is 1. The Morgan fingerprint density at radius 1 is 1.33 bits per heavy atom. The molecule has 1 rings (SSSR count). The predicted octanol–water partition coefficient (Wildman–Crippen LogP) is 1.00. The molecule has 0 aromatic heterocycles. The van der Waals surface area contributed by atoms with Crippen LogP contribution >= 0.6 is 11.8 Å². The van der Waals surface area contributed by atoms with Crippen LogP contribution in [-0.4, -0.2) is 33.2 Å². The van der Waals surface area contributed by atoms with Crippen molar-refractivity contribution in [2.45, 2.75) is 18.4 Å². The van der Waals surface area contributed by atoms with Crippen molar-refractivity contribution in [1.82, 2.24) is 5.32 Å². The third kappa shape index (κ3) is 4.77. The molecule has 0 unspecified atom stereocenters. The summed E-state index contributed by atoms with van der Waals surface area (Å²) in [7, 11) is 0. The van der Waals surface area contributed by atoms with Gasteiger partial charge in [-0.15, -0.1) is 11.8 Å². The fraction of sp³-hybridized carbons (Fsp3) is 0.333. The molecule has 1 aromatic rings. The van der Waals surface area contributed by atoms with Gasteiger partial charge in [0.2, 0.25) is 5.91 Å². The Morgan fingerprint density at radius 3 is 2.44 bits per heavy atom. The summed E-state index contributed by atoms with van der Waals surface area (Å²) in [5, 5.41) is 20.0. The fourth-order valence-electron chi connectivity index (χ4n) is 1.32. The van der Waals surface area contributed by atoms with Gasteiger partial charge in [0.05, 0.1) is 6.10 Å². The number of carbonyl (C=O) groups excluding carboxylic acids is 1. The smallest absolute Gasteiger partial charge is 0.336 e. The Hall–Kier alpha value is -1.53. The third-order valence-electron chi connectivity index (χ3n) is 2.16. The Morgan fingerprint density at radius 2 is 1.94 bits per heavy atom. The van der Waals surface area contributed by atoms with Crippen molar-refractivity contribution in [3.8, 4) is 0 Å². The van der Waals surface area contributed by atoms with Gasteiger partial charge in [-0.3, -0.25) is 4.79 Å². The number of benzene rings is 1. The summed E-state index contributed by atoms with van der Waals surface area (Å²) < 4.78 is 0. The molecule has 0 aliphatic carbocycles. The predicted molar refractivity (Wildman–Crippen MR) is 69.1 cm³/mol. The molecule has 0 fully saturated rings. The quantitative estimate of drug-likeness (QED) is 0.671. The zero-order chi connectivity index (χ0) is 13.5. The van der Waals surface area contributed by atoms with Crippen molar-refractivity contribution in [3.05, 3.63) is 35.9 Å². The number of aliphatic hydroxyl groups is 1. The molecule has 1 amide bonds. The van der Waals surface area contributed by atoms with E-state index in [9.17, 15) is 14.7 Å². The van der Waals surface area contributed by atoms with E-state index < -0.39 is 23.4 Å². The number of aliphatic carboxylic acids is 1. The first kappa shape index (κ1) is 14.5. The molecular formula is C12H15NO4S. The Kier molecular flexibility index (Phi) is 5.67. The molecule has 18 heavy (non-hydrogen) atoms. The minimum Gasteiger partial charge on any atom is -0.479 e. The summed E-state index contributed by atoms with van der Waals surface area (Å²) in [5.41, 5.74) is 0.719. The van der Waals surface area contributed by atoms with Gasteiger partial charge in [0.15, 0.2) is 5.37 Å². The summed E-state index contributed by atoms with van der Waals surface area (Å²) in [4.78, 5) is 21.7. The molecule has 2 atom stereocenters. The molecule has 5 nitrogen and oxygen atoms in total. The van der Waals surface area contributed by atoms with E-state index in [1.165, 1.54) is 6.92 Å². The zero-order valence-corrected chi connectivity index (χ0v) is 10.7. The van der Waals surface area contributed by atoms with Crippen LogP contribution in [0.3, 0.4) is 0 Å². The summed E-state index contributed by atoms with van der Waals surface area (Å²) in [5.74, 6) is -1.35. The van der Waals surface area contributed by atoms with Gasteiger partial charge in [-0.2, -0.15) is 0 Å². The van der Waals surface area contributed by atoms with E-state index in [4.69, 9.17) is 5.11 Å². The van der Waals surface area contributed by atoms with Crippen molar-refractivity contribution < 1.29 is 19.8 Å². The molecule has 0 saturated heterocycles. The van der Waals surface area contributed by atoms with Crippen LogP contribution in [0.1, 0.15) is 18.6 Å². The van der Waals surface area contributed by atoms with Gasteiger partial charge in [-0.05, 0) is 5.56 Å². The largest absolute Gasteiger partial charge is 0.479 e. The van der Waals surface area contributed by atoms with Crippen LogP contribution in [-0.2, 0) is 9.59 Å². The van der Waals surface area contributed by atoms with Crippen LogP contribution < -0.4 is 5.32 Å². The maximum absolute atomic E-state index is 10.9. The highest BCUT2D eigenvalue weighted by atomic mass is 32.2. The van der Waals surface area contributed by atoms with Crippen molar-refractivity contribution in [2.24, 2.45) is 0 Å². The van der Waals surface area contributed by atoms with Crippen LogP contribution in [0.5, 0.6) is 0 Å². The fourth-order valence-corrected chi connectivity index (χ4v) is 2.28. The van der Waals surface area contributed by atoms with Gasteiger partial charge in [0.1, 0.15) is 0 Å². The second kappa shape index (κ2) is 7.03. The van der Waals surface area contributed by atoms with Gasteiger partial charge in [-0.1, -0.05) is 30.3 Å². The highest BCUT2D eigenvalue weighted by Crippen LogP contribution is 2.20. The van der Waals surface area contributed by atoms with E-state index in [-0.39, 0.29) is 5.75 Å². The topological polar surface area (TPSA) is 86.6 Å². The van der Waals surface area contributed by atoms with E-state index in [0.29, 0.717) is 0 Å². The second-order valence-electron chi connectivity index (χ2n) is 3.68. The van der Waals surface area contributed by atoms with Crippen LogP contribution in [0.15, 0.2) is 30.3 Å². The number of thioether (sulfide) groups is 1. The van der Waals surface area contributed by atoms with E-state index in [2.05, 4.69) is 5.32 Å². The maximum atomic E-state index is 10.9. The van der Waals surface area contributed by atoms with Gasteiger partial charge < -0.3 is 15.5 Å². The molecular weight excluding hydrogens is 254 g/mol. The number of nitrogens with one attached hydrogen (secondary N) is 1. The normalized spacial score (nSPS) is 13.7. The molecule has 98 valence electrons. The average molecular weight is 269 g/mol. The lowest BCUT2D eigenvalue weighted by atomic mass is 10.1. The van der Waals surface area contributed by atoms with E-state index in [1.54, 1.807) is 24.3 Å². The highest BCUT2D eigenvalue weighted by molar-refractivity contribution is 8.00. The maximum Gasteiger partial charge on any atom is 0.336 e. The van der Waals surface area contributed by atoms with Crippen LogP contribution in [0.4, 0.5) is 0 Å². The standard InChI is InChI=1S/C12H15NO4S/c1-8(14)13-11(12(16)17)18-7-10(15)9-5-3-2-4-6-9/h2-6,10-11,15H,7H2,1H3,(H,13,14)(H,16,17)/t10-,11-/m0/s1. The van der Waals surface area contributed by atoms with Crippen LogP contribution in [0.2, 0.25) is 0 Å². The highest BCUT2D eigenvalue weighted by Gasteiger charge is 2.20. The number of rotatable bonds is 6. The number of hydrogen-bond acceptors (Lipinski definition) is 4. The van der Waals surface area contributed by atoms with Crippen molar-refractivity contribution >= 4 is 23.6 Å². The third-order valence-corrected chi connectivity index (χ3v) is 3.32. The first-order valence-corrected chi connectivity index (χ1v) is 6.40. The zero-order valence-electron chi connectivity index (χ0n) is 9.87. The molecule has 0 heterocycles. The summed E-state index contributed by atoms with van der Waals surface area (Å²) in [6.07, 6.45) is -0.758. The second-order valence-corrected chi connectivity index (χ2v) is 4.82. The van der Waals surface area contributed by atoms with E-state index in [1.807, 2.05) is 6.07 Å².